The minimum atomic E-state index is -4.49. The van der Waals surface area contributed by atoms with Crippen LogP contribution in [0.4, 0.5) is 19.0 Å². The van der Waals surface area contributed by atoms with Crippen LogP contribution in [-0.2, 0) is 13.0 Å². The number of alkyl halides is 3. The number of carbonyl (C=O) groups is 1. The summed E-state index contributed by atoms with van der Waals surface area (Å²) in [5.74, 6) is -0.279. The number of carbonyl (C=O) groups excluding carboxylic acids is 1. The van der Waals surface area contributed by atoms with E-state index in [1.165, 1.54) is 11.1 Å². The Morgan fingerprint density at radius 3 is 2.44 bits per heavy atom. The molecule has 1 aliphatic heterocycles. The predicted molar refractivity (Wildman–Crippen MR) is 116 cm³/mol. The first-order valence-electron chi connectivity index (χ1n) is 10.6. The number of halogens is 3. The van der Waals surface area contributed by atoms with E-state index in [-0.39, 0.29) is 23.7 Å². The highest BCUT2D eigenvalue weighted by Gasteiger charge is 2.47. The molecule has 0 fully saturated rings. The van der Waals surface area contributed by atoms with Crippen molar-refractivity contribution < 1.29 is 18.0 Å². The molecule has 8 heteroatoms. The lowest BCUT2D eigenvalue weighted by molar-refractivity contribution is -0.173. The van der Waals surface area contributed by atoms with Gasteiger partial charge in [-0.2, -0.15) is 18.3 Å². The first-order valence-corrected chi connectivity index (χ1v) is 10.6. The molecule has 0 spiro atoms. The van der Waals surface area contributed by atoms with Gasteiger partial charge in [0.25, 0.3) is 5.91 Å². The Morgan fingerprint density at radius 2 is 1.81 bits per heavy atom. The van der Waals surface area contributed by atoms with E-state index in [1.807, 2.05) is 61.5 Å². The van der Waals surface area contributed by atoms with Gasteiger partial charge in [-0.1, -0.05) is 61.5 Å². The minimum absolute atomic E-state index is 0.105. The maximum Gasteiger partial charge on any atom is 0.410 e. The van der Waals surface area contributed by atoms with Gasteiger partial charge in [0.1, 0.15) is 11.4 Å². The number of rotatable bonds is 5. The van der Waals surface area contributed by atoms with Crippen molar-refractivity contribution in [2.24, 2.45) is 0 Å². The smallest absolute Gasteiger partial charge is 0.363 e. The maximum atomic E-state index is 13.9. The van der Waals surface area contributed by atoms with Crippen molar-refractivity contribution in [2.45, 2.75) is 44.6 Å². The lowest BCUT2D eigenvalue weighted by Crippen LogP contribution is -2.36. The summed E-state index contributed by atoms with van der Waals surface area (Å²) in [6.07, 6.45) is -2.60. The molecule has 1 amide bonds. The molecule has 2 heterocycles. The van der Waals surface area contributed by atoms with E-state index >= 15 is 0 Å². The first-order chi connectivity index (χ1) is 15.3. The molecule has 168 valence electrons. The van der Waals surface area contributed by atoms with E-state index in [9.17, 15) is 18.0 Å². The lowest BCUT2D eigenvalue weighted by Gasteiger charge is -2.34. The summed E-state index contributed by atoms with van der Waals surface area (Å²) in [4.78, 5) is 14.6. The first kappa shape index (κ1) is 21.9. The third-order valence-corrected chi connectivity index (χ3v) is 5.87. The van der Waals surface area contributed by atoms with Crippen molar-refractivity contribution >= 4 is 11.7 Å². The van der Waals surface area contributed by atoms with Crippen LogP contribution in [0.5, 0.6) is 0 Å². The minimum Gasteiger partial charge on any atom is -0.363 e. The summed E-state index contributed by atoms with van der Waals surface area (Å²) in [6.45, 7) is 2.37. The second-order valence-electron chi connectivity index (χ2n) is 8.08. The maximum absolute atomic E-state index is 13.9. The summed E-state index contributed by atoms with van der Waals surface area (Å²) in [7, 11) is 1.63. The summed E-state index contributed by atoms with van der Waals surface area (Å²) in [6, 6.07) is 14.6. The average molecular weight is 442 g/mol. The van der Waals surface area contributed by atoms with Gasteiger partial charge in [-0.3, -0.25) is 4.79 Å². The van der Waals surface area contributed by atoms with E-state index in [4.69, 9.17) is 0 Å². The van der Waals surface area contributed by atoms with Crippen molar-refractivity contribution in [3.63, 3.8) is 0 Å². The van der Waals surface area contributed by atoms with Crippen LogP contribution in [-0.4, -0.2) is 33.8 Å². The molecule has 0 aliphatic carbocycles. The van der Waals surface area contributed by atoms with Gasteiger partial charge in [0.05, 0.1) is 12.2 Å². The van der Waals surface area contributed by atoms with Gasteiger partial charge in [0.2, 0.25) is 0 Å². The Bertz CT molecular complexity index is 1080. The molecule has 0 bridgehead atoms. The fraction of sp³-hybridized carbons (Fsp3) is 0.333. The van der Waals surface area contributed by atoms with E-state index in [2.05, 4.69) is 10.4 Å². The molecule has 0 saturated heterocycles. The molecule has 1 aromatic heterocycles. The largest absolute Gasteiger partial charge is 0.410 e. The average Bonchev–Trinajstić information content (AvgIpc) is 3.21. The van der Waals surface area contributed by atoms with Crippen LogP contribution >= 0.6 is 0 Å². The molecule has 0 saturated carbocycles. The van der Waals surface area contributed by atoms with E-state index < -0.39 is 18.3 Å². The van der Waals surface area contributed by atoms with Gasteiger partial charge >= 0.3 is 6.18 Å². The third kappa shape index (κ3) is 4.35. The predicted octanol–water partition coefficient (Wildman–Crippen LogP) is 5.38. The van der Waals surface area contributed by atoms with Crippen LogP contribution in [0.1, 0.15) is 52.5 Å². The number of hydrogen-bond donors (Lipinski definition) is 1. The number of nitrogens with one attached hydrogen (secondary N) is 1. The molecule has 2 unspecified atom stereocenters. The van der Waals surface area contributed by atoms with Gasteiger partial charge in [-0.05, 0) is 23.1 Å². The highest BCUT2D eigenvalue weighted by molar-refractivity contribution is 5.98. The van der Waals surface area contributed by atoms with Crippen LogP contribution in [0.25, 0.3) is 0 Å². The van der Waals surface area contributed by atoms with Crippen LogP contribution in [0.3, 0.4) is 0 Å². The van der Waals surface area contributed by atoms with E-state index in [0.29, 0.717) is 6.54 Å². The molecular weight excluding hydrogens is 417 g/mol. The summed E-state index contributed by atoms with van der Waals surface area (Å²) >= 11 is 0. The number of aromatic nitrogens is 2. The highest BCUT2D eigenvalue weighted by Crippen LogP contribution is 2.44. The topological polar surface area (TPSA) is 50.2 Å². The normalized spacial score (nSPS) is 18.0. The Kier molecular flexibility index (Phi) is 5.95. The second kappa shape index (κ2) is 8.68. The van der Waals surface area contributed by atoms with E-state index in [0.717, 1.165) is 27.8 Å². The number of anilines is 1. The fourth-order valence-electron chi connectivity index (χ4n) is 4.06. The van der Waals surface area contributed by atoms with Crippen molar-refractivity contribution in [1.82, 2.24) is 14.7 Å². The van der Waals surface area contributed by atoms with Crippen LogP contribution < -0.4 is 5.32 Å². The highest BCUT2D eigenvalue weighted by atomic mass is 19.4. The Labute approximate surface area is 184 Å². The molecule has 5 nitrogen and oxygen atoms in total. The quantitative estimate of drug-likeness (QED) is 0.577. The van der Waals surface area contributed by atoms with Crippen LogP contribution in [0.2, 0.25) is 0 Å². The number of hydrogen-bond acceptors (Lipinski definition) is 3. The van der Waals surface area contributed by atoms with Gasteiger partial charge in [0.15, 0.2) is 6.04 Å². The van der Waals surface area contributed by atoms with Crippen LogP contribution in [0.15, 0.2) is 60.8 Å². The molecular formula is C24H25F3N4O. The zero-order chi connectivity index (χ0) is 22.9. The molecule has 1 N–H and O–H groups in total. The molecule has 0 radical (unpaired) electrons. The monoisotopic (exact) mass is 442 g/mol. The lowest BCUT2D eigenvalue weighted by atomic mass is 9.95. The fourth-order valence-corrected chi connectivity index (χ4v) is 4.06. The Morgan fingerprint density at radius 1 is 1.12 bits per heavy atom. The van der Waals surface area contributed by atoms with Gasteiger partial charge in [0, 0.05) is 20.0 Å². The molecule has 1 aliphatic rings. The second-order valence-corrected chi connectivity index (χ2v) is 8.08. The summed E-state index contributed by atoms with van der Waals surface area (Å²) in [5, 5.41) is 7.11. The number of amides is 1. The molecule has 3 aromatic rings. The molecule has 32 heavy (non-hydrogen) atoms. The van der Waals surface area contributed by atoms with Crippen molar-refractivity contribution in [2.75, 3.05) is 12.4 Å². The SMILES string of the molecule is CCc1ccc(C2CC(C(F)(F)F)n3ncc(C(=O)N(C)Cc4ccccc4)c3N2)cc1. The molecule has 4 rings (SSSR count). The van der Waals surface area contributed by atoms with Gasteiger partial charge in [-0.25, -0.2) is 4.68 Å². The van der Waals surface area contributed by atoms with Gasteiger partial charge in [-0.15, -0.1) is 0 Å². The number of aryl methyl sites for hydroxylation is 1. The standard InChI is InChI=1S/C24H25F3N4O/c1-3-16-9-11-18(12-10-16)20-13-21(24(25,26)27)31-22(29-20)19(14-28-31)23(32)30(2)15-17-7-5-4-6-8-17/h4-12,14,20-21,29H,3,13,15H2,1-2H3. The van der Waals surface area contributed by atoms with Crippen molar-refractivity contribution in [3.05, 3.63) is 83.0 Å². The van der Waals surface area contributed by atoms with Crippen molar-refractivity contribution in [1.29, 1.82) is 0 Å². The van der Waals surface area contributed by atoms with E-state index in [1.54, 1.807) is 7.05 Å². The summed E-state index contributed by atoms with van der Waals surface area (Å²) in [5.41, 5.74) is 2.92. The van der Waals surface area contributed by atoms with Crippen LogP contribution in [0, 0.1) is 0 Å². The zero-order valence-corrected chi connectivity index (χ0v) is 17.9. The number of nitrogens with zero attached hydrogens (tertiary/aromatic N) is 3. The number of benzene rings is 2. The third-order valence-electron chi connectivity index (χ3n) is 5.87. The Balaban J connectivity index is 1.65. The molecule has 2 atom stereocenters. The summed E-state index contributed by atoms with van der Waals surface area (Å²) < 4.78 is 42.6. The van der Waals surface area contributed by atoms with Gasteiger partial charge < -0.3 is 10.2 Å². The molecule has 2 aromatic carbocycles. The number of fused-ring (bicyclic) bond motifs is 1. The Hall–Kier alpha value is -3.29. The van der Waals surface area contributed by atoms with Crippen molar-refractivity contribution in [3.8, 4) is 0 Å². The zero-order valence-electron chi connectivity index (χ0n) is 17.9.